The van der Waals surface area contributed by atoms with Crippen molar-refractivity contribution in [1.29, 1.82) is 0 Å². The van der Waals surface area contributed by atoms with Gasteiger partial charge in [-0.2, -0.15) is 0 Å². The van der Waals surface area contributed by atoms with E-state index in [1.807, 2.05) is 30.3 Å². The number of benzene rings is 2. The molecule has 0 atom stereocenters. The lowest BCUT2D eigenvalue weighted by Gasteiger charge is -2.28. The second-order valence-corrected chi connectivity index (χ2v) is 6.60. The zero-order chi connectivity index (χ0) is 18.4. The van der Waals surface area contributed by atoms with Crippen LogP contribution >= 0.6 is 0 Å². The van der Waals surface area contributed by atoms with Crippen LogP contribution in [0.1, 0.15) is 41.6 Å². The topological polar surface area (TPSA) is 55.4 Å². The smallest absolute Gasteiger partial charge is 0.407 e. The molecule has 0 radical (unpaired) electrons. The van der Waals surface area contributed by atoms with Gasteiger partial charge in [0.1, 0.15) is 12.4 Å². The van der Waals surface area contributed by atoms with E-state index in [0.717, 1.165) is 5.56 Å². The number of rotatable bonds is 5. The molecule has 1 aliphatic carbocycles. The van der Waals surface area contributed by atoms with E-state index in [2.05, 4.69) is 5.32 Å². The Kier molecular flexibility index (Phi) is 6.00. The van der Waals surface area contributed by atoms with Gasteiger partial charge < -0.3 is 10.1 Å². The van der Waals surface area contributed by atoms with Gasteiger partial charge in [-0.15, -0.1) is 0 Å². The zero-order valence-corrected chi connectivity index (χ0v) is 14.5. The van der Waals surface area contributed by atoms with Crippen LogP contribution in [0.3, 0.4) is 0 Å². The summed E-state index contributed by atoms with van der Waals surface area (Å²) in [6, 6.07) is 15.6. The van der Waals surface area contributed by atoms with Crippen LogP contribution in [0, 0.1) is 11.7 Å². The zero-order valence-electron chi connectivity index (χ0n) is 14.5. The molecule has 0 unspecified atom stereocenters. The van der Waals surface area contributed by atoms with Gasteiger partial charge >= 0.3 is 6.09 Å². The van der Waals surface area contributed by atoms with Crippen molar-refractivity contribution in [3.63, 3.8) is 0 Å². The van der Waals surface area contributed by atoms with Crippen LogP contribution in [-0.2, 0) is 11.3 Å². The molecule has 2 aromatic rings. The highest BCUT2D eigenvalue weighted by molar-refractivity contribution is 5.98. The lowest BCUT2D eigenvalue weighted by Crippen LogP contribution is -2.39. The second kappa shape index (κ2) is 8.61. The highest BCUT2D eigenvalue weighted by Crippen LogP contribution is 2.28. The van der Waals surface area contributed by atoms with Crippen molar-refractivity contribution < 1.29 is 18.7 Å². The van der Waals surface area contributed by atoms with E-state index < -0.39 is 11.9 Å². The number of nitrogens with one attached hydrogen (secondary N) is 1. The Morgan fingerprint density at radius 1 is 0.962 bits per heavy atom. The number of ether oxygens (including phenoxy) is 1. The maximum Gasteiger partial charge on any atom is 0.407 e. The summed E-state index contributed by atoms with van der Waals surface area (Å²) in [7, 11) is 0. The Morgan fingerprint density at radius 3 is 2.31 bits per heavy atom. The van der Waals surface area contributed by atoms with E-state index in [-0.39, 0.29) is 29.9 Å². The second-order valence-electron chi connectivity index (χ2n) is 6.60. The lowest BCUT2D eigenvalue weighted by atomic mass is 9.81. The third kappa shape index (κ3) is 4.69. The molecule has 136 valence electrons. The largest absolute Gasteiger partial charge is 0.445 e. The van der Waals surface area contributed by atoms with Crippen molar-refractivity contribution in [2.45, 2.75) is 38.3 Å². The quantitative estimate of drug-likeness (QED) is 0.804. The number of hydrogen-bond donors (Lipinski definition) is 1. The van der Waals surface area contributed by atoms with Gasteiger partial charge in [-0.1, -0.05) is 42.5 Å². The minimum atomic E-state index is -0.470. The highest BCUT2D eigenvalue weighted by Gasteiger charge is 2.29. The summed E-state index contributed by atoms with van der Waals surface area (Å²) in [5.41, 5.74) is 1.09. The molecule has 0 aromatic heterocycles. The maximum atomic E-state index is 13.8. The first-order valence-electron chi connectivity index (χ1n) is 8.89. The van der Waals surface area contributed by atoms with Crippen molar-refractivity contribution in [2.24, 2.45) is 5.92 Å². The first-order valence-corrected chi connectivity index (χ1v) is 8.89. The van der Waals surface area contributed by atoms with Crippen LogP contribution in [0.4, 0.5) is 9.18 Å². The summed E-state index contributed by atoms with van der Waals surface area (Å²) in [4.78, 5) is 24.4. The lowest BCUT2D eigenvalue weighted by molar-refractivity contribution is 0.0871. The van der Waals surface area contributed by atoms with Crippen LogP contribution < -0.4 is 5.32 Å². The molecular formula is C21H22FNO3. The van der Waals surface area contributed by atoms with Gasteiger partial charge in [0.2, 0.25) is 0 Å². The van der Waals surface area contributed by atoms with Gasteiger partial charge in [0.25, 0.3) is 0 Å². The third-order valence-corrected chi connectivity index (χ3v) is 4.77. The molecular weight excluding hydrogens is 333 g/mol. The molecule has 1 saturated carbocycles. The van der Waals surface area contributed by atoms with Crippen molar-refractivity contribution in [2.75, 3.05) is 0 Å². The Bertz CT molecular complexity index is 755. The van der Waals surface area contributed by atoms with E-state index in [0.29, 0.717) is 25.7 Å². The number of ketones is 1. The van der Waals surface area contributed by atoms with E-state index in [9.17, 15) is 14.0 Å². The normalized spacial score (nSPS) is 19.6. The van der Waals surface area contributed by atoms with Gasteiger partial charge in [0.15, 0.2) is 5.78 Å². The fourth-order valence-electron chi connectivity index (χ4n) is 3.31. The molecule has 0 saturated heterocycles. The molecule has 1 fully saturated rings. The van der Waals surface area contributed by atoms with Gasteiger partial charge in [-0.05, 0) is 43.4 Å². The standard InChI is InChI=1S/C21H22FNO3/c22-19-9-5-4-8-18(19)20(24)16-10-12-17(13-11-16)23-21(25)26-14-15-6-2-1-3-7-15/h1-9,16-17H,10-14H2,(H,23,25). The van der Waals surface area contributed by atoms with E-state index in [4.69, 9.17) is 4.74 Å². The number of halogens is 1. The Labute approximate surface area is 152 Å². The van der Waals surface area contributed by atoms with Crippen molar-refractivity contribution in [3.8, 4) is 0 Å². The number of amides is 1. The van der Waals surface area contributed by atoms with E-state index in [1.54, 1.807) is 12.1 Å². The van der Waals surface area contributed by atoms with Gasteiger partial charge in [0, 0.05) is 12.0 Å². The predicted molar refractivity (Wildman–Crippen MR) is 96.2 cm³/mol. The van der Waals surface area contributed by atoms with Crippen molar-refractivity contribution in [1.82, 2.24) is 5.32 Å². The maximum absolute atomic E-state index is 13.8. The van der Waals surface area contributed by atoms with E-state index in [1.165, 1.54) is 12.1 Å². The molecule has 26 heavy (non-hydrogen) atoms. The Balaban J connectivity index is 1.44. The Morgan fingerprint density at radius 2 is 1.62 bits per heavy atom. The summed E-state index contributed by atoms with van der Waals surface area (Å²) in [6.45, 7) is 0.230. The number of carbonyl (C=O) groups excluding carboxylic acids is 2. The first-order chi connectivity index (χ1) is 12.6. The minimum Gasteiger partial charge on any atom is -0.445 e. The molecule has 0 spiro atoms. The summed E-state index contributed by atoms with van der Waals surface area (Å²) >= 11 is 0. The molecule has 0 heterocycles. The Hall–Kier alpha value is -2.69. The average Bonchev–Trinajstić information content (AvgIpc) is 2.68. The summed E-state index contributed by atoms with van der Waals surface area (Å²) in [6.07, 6.45) is 2.20. The van der Waals surface area contributed by atoms with Crippen LogP contribution in [-0.4, -0.2) is 17.9 Å². The summed E-state index contributed by atoms with van der Waals surface area (Å²) < 4.78 is 19.0. The number of Topliss-reactive ketones (excluding diaryl/α,β-unsaturated/α-hetero) is 1. The molecule has 0 aliphatic heterocycles. The summed E-state index contributed by atoms with van der Waals surface area (Å²) in [5.74, 6) is -0.805. The molecule has 1 amide bonds. The van der Waals surface area contributed by atoms with Crippen molar-refractivity contribution >= 4 is 11.9 Å². The summed E-state index contributed by atoms with van der Waals surface area (Å²) in [5, 5.41) is 2.85. The monoisotopic (exact) mass is 355 g/mol. The van der Waals surface area contributed by atoms with Crippen molar-refractivity contribution in [3.05, 3.63) is 71.5 Å². The number of hydrogen-bond acceptors (Lipinski definition) is 3. The minimum absolute atomic E-state index is 0.0112. The van der Waals surface area contributed by atoms with Crippen LogP contribution in [0.25, 0.3) is 0 Å². The number of alkyl carbamates (subject to hydrolysis) is 1. The van der Waals surface area contributed by atoms with Gasteiger partial charge in [-0.25, -0.2) is 9.18 Å². The molecule has 1 aliphatic rings. The predicted octanol–water partition coefficient (Wildman–Crippen LogP) is 4.49. The average molecular weight is 355 g/mol. The van der Waals surface area contributed by atoms with Gasteiger partial charge in [0.05, 0.1) is 5.56 Å². The highest BCUT2D eigenvalue weighted by atomic mass is 19.1. The molecule has 1 N–H and O–H groups in total. The fourth-order valence-corrected chi connectivity index (χ4v) is 3.31. The van der Waals surface area contributed by atoms with E-state index >= 15 is 0 Å². The van der Waals surface area contributed by atoms with Crippen LogP contribution in [0.5, 0.6) is 0 Å². The fraction of sp³-hybridized carbons (Fsp3) is 0.333. The molecule has 0 bridgehead atoms. The van der Waals surface area contributed by atoms with Crippen LogP contribution in [0.15, 0.2) is 54.6 Å². The van der Waals surface area contributed by atoms with Gasteiger partial charge in [-0.3, -0.25) is 4.79 Å². The molecule has 3 rings (SSSR count). The van der Waals surface area contributed by atoms with Crippen LogP contribution in [0.2, 0.25) is 0 Å². The number of carbonyl (C=O) groups is 2. The molecule has 2 aromatic carbocycles. The molecule has 5 heteroatoms. The SMILES string of the molecule is O=C(NC1CCC(C(=O)c2ccccc2F)CC1)OCc1ccccc1. The third-order valence-electron chi connectivity index (χ3n) is 4.77. The molecule has 4 nitrogen and oxygen atoms in total. The first kappa shape index (κ1) is 18.1.